The predicted octanol–water partition coefficient (Wildman–Crippen LogP) is 2.49. The molecule has 0 saturated carbocycles. The second kappa shape index (κ2) is 2.35. The smallest absolute Gasteiger partial charge is 0.0981 e. The third-order valence-electron chi connectivity index (χ3n) is 0.590. The Labute approximate surface area is 50.2 Å². The molecule has 0 saturated heterocycles. The van der Waals surface area contributed by atoms with Crippen molar-refractivity contribution in [1.29, 1.82) is 0 Å². The fourth-order valence-electron chi connectivity index (χ4n) is 0.331. The summed E-state index contributed by atoms with van der Waals surface area (Å²) in [6.45, 7) is 0. The summed E-state index contributed by atoms with van der Waals surface area (Å²) < 4.78 is 0. The molecule has 0 bridgehead atoms. The molecule has 0 amide bonds. The summed E-state index contributed by atoms with van der Waals surface area (Å²) in [6.07, 6.45) is 0. The van der Waals surface area contributed by atoms with Gasteiger partial charge in [0.25, 0.3) is 0 Å². The van der Waals surface area contributed by atoms with Crippen molar-refractivity contribution in [2.75, 3.05) is 0 Å². The minimum atomic E-state index is 0.590. The highest BCUT2D eigenvalue weighted by atomic mass is 32.1. The second-order valence-electron chi connectivity index (χ2n) is 1.06. The van der Waals surface area contributed by atoms with E-state index in [1.54, 1.807) is 6.07 Å². The van der Waals surface area contributed by atoms with Gasteiger partial charge >= 0.3 is 0 Å². The van der Waals surface area contributed by atoms with Crippen LogP contribution in [0.25, 0.3) is 10.4 Å². The summed E-state index contributed by atoms with van der Waals surface area (Å²) in [4.78, 5) is 2.58. The van der Waals surface area contributed by atoms with Crippen LogP contribution in [-0.2, 0) is 0 Å². The van der Waals surface area contributed by atoms with Crippen LogP contribution in [0.1, 0.15) is 0 Å². The molecule has 0 aliphatic carbocycles. The molecular formula is C4H2N3S. The number of nitrogens with zero attached hydrogens (tertiary/aromatic N) is 3. The fraction of sp³-hybridized carbons (Fsp3) is 0. The minimum absolute atomic E-state index is 0.590. The zero-order chi connectivity index (χ0) is 5.82. The normalized spacial score (nSPS) is 8.00. The summed E-state index contributed by atoms with van der Waals surface area (Å²) in [6, 6.07) is 4.45. The largest absolute Gasteiger partial charge is 0.142 e. The quantitative estimate of drug-likeness (QED) is 0.314. The van der Waals surface area contributed by atoms with Gasteiger partial charge in [-0.2, -0.15) is 0 Å². The van der Waals surface area contributed by atoms with Crippen LogP contribution in [0.3, 0.4) is 0 Å². The van der Waals surface area contributed by atoms with Crippen LogP contribution in [0.5, 0.6) is 0 Å². The van der Waals surface area contributed by atoms with Crippen molar-refractivity contribution in [3.05, 3.63) is 28.0 Å². The Morgan fingerprint density at radius 2 is 2.75 bits per heavy atom. The average Bonchev–Trinajstić information content (AvgIpc) is 2.19. The van der Waals surface area contributed by atoms with Crippen molar-refractivity contribution < 1.29 is 0 Å². The lowest BCUT2D eigenvalue weighted by molar-refractivity contribution is 1.56. The van der Waals surface area contributed by atoms with Crippen molar-refractivity contribution in [2.45, 2.75) is 0 Å². The first-order valence-electron chi connectivity index (χ1n) is 1.94. The van der Waals surface area contributed by atoms with E-state index in [4.69, 9.17) is 5.53 Å². The number of azide groups is 1. The average molecular weight is 124 g/mol. The van der Waals surface area contributed by atoms with E-state index in [-0.39, 0.29) is 0 Å². The Bertz CT molecular complexity index is 197. The molecule has 0 unspecified atom stereocenters. The van der Waals surface area contributed by atoms with Crippen LogP contribution in [0.4, 0.5) is 5.00 Å². The predicted molar refractivity (Wildman–Crippen MR) is 32.0 cm³/mol. The highest BCUT2D eigenvalue weighted by molar-refractivity contribution is 7.13. The van der Waals surface area contributed by atoms with Crippen LogP contribution >= 0.6 is 11.3 Å². The molecule has 1 aromatic rings. The molecule has 1 rings (SSSR count). The standard InChI is InChI=1S/C4H2N3S/c5-7-6-4-2-1-3-8-4/h1,3H. The molecule has 8 heavy (non-hydrogen) atoms. The molecule has 1 aromatic heterocycles. The number of hydrogen-bond donors (Lipinski definition) is 0. The van der Waals surface area contributed by atoms with Gasteiger partial charge < -0.3 is 0 Å². The Hall–Kier alpha value is -0.990. The van der Waals surface area contributed by atoms with Gasteiger partial charge in [0.2, 0.25) is 0 Å². The number of hydrogen-bond acceptors (Lipinski definition) is 2. The van der Waals surface area contributed by atoms with Gasteiger partial charge in [0.15, 0.2) is 0 Å². The third kappa shape index (κ3) is 0.992. The minimum Gasteiger partial charge on any atom is -0.142 e. The monoisotopic (exact) mass is 124 g/mol. The first-order valence-corrected chi connectivity index (χ1v) is 2.82. The number of rotatable bonds is 1. The molecule has 0 aromatic carbocycles. The van der Waals surface area contributed by atoms with Crippen molar-refractivity contribution in [2.24, 2.45) is 5.11 Å². The molecule has 0 spiro atoms. The molecule has 0 aliphatic rings. The van der Waals surface area contributed by atoms with Gasteiger partial charge in [-0.3, -0.25) is 0 Å². The van der Waals surface area contributed by atoms with Gasteiger partial charge in [0.1, 0.15) is 0 Å². The lowest BCUT2D eigenvalue weighted by Gasteiger charge is -1.68. The van der Waals surface area contributed by atoms with E-state index in [0.29, 0.717) is 5.00 Å². The van der Waals surface area contributed by atoms with Crippen LogP contribution in [-0.4, -0.2) is 0 Å². The summed E-state index contributed by atoms with van der Waals surface area (Å²) in [7, 11) is 0. The highest BCUT2D eigenvalue weighted by Crippen LogP contribution is 2.17. The topological polar surface area (TPSA) is 48.8 Å². The summed E-state index contributed by atoms with van der Waals surface area (Å²) in [5.74, 6) is 0. The summed E-state index contributed by atoms with van der Waals surface area (Å²) in [5.41, 5.74) is 7.88. The van der Waals surface area contributed by atoms with Gasteiger partial charge in [0.05, 0.1) is 5.00 Å². The van der Waals surface area contributed by atoms with Crippen LogP contribution < -0.4 is 0 Å². The Balaban J connectivity index is 2.93. The van der Waals surface area contributed by atoms with E-state index in [1.165, 1.54) is 11.3 Å². The van der Waals surface area contributed by atoms with Crippen molar-refractivity contribution in [3.63, 3.8) is 0 Å². The van der Waals surface area contributed by atoms with E-state index < -0.39 is 0 Å². The second-order valence-corrected chi connectivity index (χ2v) is 1.95. The van der Waals surface area contributed by atoms with Gasteiger partial charge in [-0.05, 0) is 22.1 Å². The third-order valence-corrected chi connectivity index (χ3v) is 1.28. The maximum atomic E-state index is 7.88. The van der Waals surface area contributed by atoms with Crippen LogP contribution in [0, 0.1) is 6.07 Å². The van der Waals surface area contributed by atoms with E-state index in [2.05, 4.69) is 16.1 Å². The molecule has 0 N–H and O–H groups in total. The van der Waals surface area contributed by atoms with E-state index in [1.807, 2.05) is 5.38 Å². The molecule has 39 valence electrons. The fourth-order valence-corrected chi connectivity index (χ4v) is 0.816. The molecule has 0 fully saturated rings. The molecule has 3 nitrogen and oxygen atoms in total. The Morgan fingerprint density at radius 3 is 3.25 bits per heavy atom. The molecule has 0 aliphatic heterocycles. The first-order chi connectivity index (χ1) is 3.93. The zero-order valence-corrected chi connectivity index (χ0v) is 4.72. The number of thiophene rings is 1. The summed E-state index contributed by atoms with van der Waals surface area (Å²) in [5, 5.41) is 5.71. The van der Waals surface area contributed by atoms with Crippen LogP contribution in [0.15, 0.2) is 16.6 Å². The summed E-state index contributed by atoms with van der Waals surface area (Å²) >= 11 is 1.37. The maximum Gasteiger partial charge on any atom is 0.0981 e. The molecule has 4 heteroatoms. The molecule has 1 heterocycles. The van der Waals surface area contributed by atoms with Crippen LogP contribution in [0.2, 0.25) is 0 Å². The lowest BCUT2D eigenvalue weighted by Crippen LogP contribution is -1.37. The highest BCUT2D eigenvalue weighted by Gasteiger charge is 1.82. The molecule has 0 atom stereocenters. The van der Waals surface area contributed by atoms with E-state index in [0.717, 1.165) is 0 Å². The van der Waals surface area contributed by atoms with Gasteiger partial charge in [-0.15, -0.1) is 11.3 Å². The van der Waals surface area contributed by atoms with Crippen molar-refractivity contribution in [1.82, 2.24) is 0 Å². The SMILES string of the molecule is [N-]=[N+]=Nc1[c]ccs1. The maximum absolute atomic E-state index is 7.88. The van der Waals surface area contributed by atoms with Gasteiger partial charge in [-0.1, -0.05) is 0 Å². The Kier molecular flexibility index (Phi) is 1.51. The molecular weight excluding hydrogens is 122 g/mol. The Morgan fingerprint density at radius 1 is 1.88 bits per heavy atom. The van der Waals surface area contributed by atoms with E-state index >= 15 is 0 Å². The zero-order valence-electron chi connectivity index (χ0n) is 3.90. The first kappa shape index (κ1) is 5.15. The van der Waals surface area contributed by atoms with Gasteiger partial charge in [0, 0.05) is 11.0 Å². The lowest BCUT2D eigenvalue weighted by atomic mass is 10.6. The van der Waals surface area contributed by atoms with E-state index in [9.17, 15) is 0 Å². The molecule has 1 radical (unpaired) electrons. The van der Waals surface area contributed by atoms with Crippen molar-refractivity contribution in [3.8, 4) is 0 Å². The van der Waals surface area contributed by atoms with Gasteiger partial charge in [-0.25, -0.2) is 0 Å². The van der Waals surface area contributed by atoms with Crippen molar-refractivity contribution >= 4 is 16.3 Å².